The number of aromatic hydroxyl groups is 2. The third-order valence-electron chi connectivity index (χ3n) is 6.34. The number of fused-ring (bicyclic) bond motifs is 1. The van der Waals surface area contributed by atoms with Crippen LogP contribution in [0.5, 0.6) is 23.0 Å². The molecule has 2 heterocycles. The van der Waals surface area contributed by atoms with E-state index in [2.05, 4.69) is 6.92 Å². The molecule has 3 aromatic carbocycles. The lowest BCUT2D eigenvalue weighted by Gasteiger charge is -2.39. The number of likely N-dealkylation sites (tertiary alicyclic amines) is 1. The Morgan fingerprint density at radius 3 is 2.24 bits per heavy atom. The van der Waals surface area contributed by atoms with Gasteiger partial charge in [-0.15, -0.1) is 0 Å². The van der Waals surface area contributed by atoms with Gasteiger partial charge in [-0.2, -0.15) is 13.2 Å². The molecule has 5 nitrogen and oxygen atoms in total. The Bertz CT molecular complexity index is 1220. The van der Waals surface area contributed by atoms with E-state index in [-0.39, 0.29) is 30.3 Å². The molecule has 1 fully saturated rings. The van der Waals surface area contributed by atoms with E-state index in [0.29, 0.717) is 18.8 Å². The van der Waals surface area contributed by atoms with Crippen molar-refractivity contribution in [2.45, 2.75) is 38.7 Å². The minimum Gasteiger partial charge on any atom is -0.508 e. The van der Waals surface area contributed by atoms with Crippen LogP contribution in [0.3, 0.4) is 0 Å². The quantitative estimate of drug-likeness (QED) is 0.407. The van der Waals surface area contributed by atoms with E-state index in [1.54, 1.807) is 29.2 Å². The number of hydrogen-bond acceptors (Lipinski definition) is 5. The van der Waals surface area contributed by atoms with E-state index in [9.17, 15) is 23.4 Å². The molecule has 196 valence electrons. The van der Waals surface area contributed by atoms with E-state index >= 15 is 0 Å². The Hall–Kier alpha value is -3.65. The lowest BCUT2D eigenvalue weighted by atomic mass is 9.89. The molecular formula is C29H30F3NO4. The molecule has 37 heavy (non-hydrogen) atoms. The van der Waals surface area contributed by atoms with E-state index in [4.69, 9.17) is 9.47 Å². The smallest absolute Gasteiger partial charge is 0.390 e. The number of ether oxygens (including phenoxy) is 2. The maximum Gasteiger partial charge on any atom is 0.390 e. The molecule has 0 aliphatic carbocycles. The highest BCUT2D eigenvalue weighted by Gasteiger charge is 2.33. The normalized spacial score (nSPS) is 17.7. The van der Waals surface area contributed by atoms with Crippen molar-refractivity contribution < 1.29 is 32.9 Å². The van der Waals surface area contributed by atoms with Crippen LogP contribution in [0.25, 0.3) is 11.1 Å². The highest BCUT2D eigenvalue weighted by molar-refractivity contribution is 5.95. The van der Waals surface area contributed by atoms with Gasteiger partial charge in [0.15, 0.2) is 0 Å². The average molecular weight is 514 g/mol. The van der Waals surface area contributed by atoms with E-state index in [1.807, 2.05) is 55.5 Å². The first-order chi connectivity index (χ1) is 17.6. The van der Waals surface area contributed by atoms with Crippen LogP contribution in [0.15, 0.2) is 72.8 Å². The van der Waals surface area contributed by atoms with Gasteiger partial charge < -0.3 is 19.7 Å². The van der Waals surface area contributed by atoms with Gasteiger partial charge >= 0.3 is 6.18 Å². The molecule has 0 spiro atoms. The number of alkyl halides is 3. The molecule has 2 N–H and O–H groups in total. The molecule has 0 bridgehead atoms. The third kappa shape index (κ3) is 6.98. The summed E-state index contributed by atoms with van der Waals surface area (Å²) in [7, 11) is 0. The number of allylic oxidation sites excluding steroid dienone is 1. The van der Waals surface area contributed by atoms with Crippen molar-refractivity contribution in [2.24, 2.45) is 0 Å². The maximum atomic E-state index is 12.0. The number of para-hydroxylation sites is 1. The summed E-state index contributed by atoms with van der Waals surface area (Å²) < 4.78 is 47.4. The zero-order valence-electron chi connectivity index (χ0n) is 20.7. The largest absolute Gasteiger partial charge is 0.508 e. The summed E-state index contributed by atoms with van der Waals surface area (Å²) in [5.41, 5.74) is 4.25. The Labute approximate surface area is 214 Å². The Kier molecular flexibility index (Phi) is 7.97. The van der Waals surface area contributed by atoms with Crippen molar-refractivity contribution in [3.05, 3.63) is 83.9 Å². The highest BCUT2D eigenvalue weighted by atomic mass is 19.4. The number of nitrogens with zero attached hydrogens (tertiary/aromatic N) is 1. The molecule has 1 saturated heterocycles. The zero-order chi connectivity index (χ0) is 26.6. The molecule has 1 unspecified atom stereocenters. The summed E-state index contributed by atoms with van der Waals surface area (Å²) >= 11 is 0. The molecule has 5 rings (SSSR count). The monoisotopic (exact) mass is 513 g/mol. The summed E-state index contributed by atoms with van der Waals surface area (Å²) in [5.74, 6) is 1.93. The molecule has 0 aromatic heterocycles. The fraction of sp³-hybridized carbons (Fsp3) is 0.310. The van der Waals surface area contributed by atoms with Crippen molar-refractivity contribution in [3.63, 3.8) is 0 Å². The molecular weight excluding hydrogens is 483 g/mol. The van der Waals surface area contributed by atoms with E-state index in [1.165, 1.54) is 0 Å². The maximum absolute atomic E-state index is 12.0. The standard InChI is InChI=1S/C17H16O3.C12H14F3NO/c1-10-15-8-7-14(19)9-16(15)20-11(2)17(10)12-3-5-13(18)6-4-12;13-12(14,15)6-7-16-8-11(9-16)17-10-4-2-1-3-5-10/h3-9,11,18-19H,1-2H3;1-5,11H,6-9H2. The van der Waals surface area contributed by atoms with Crippen molar-refractivity contribution >= 4 is 11.1 Å². The first-order valence-electron chi connectivity index (χ1n) is 12.1. The fourth-order valence-electron chi connectivity index (χ4n) is 4.47. The van der Waals surface area contributed by atoms with Gasteiger partial charge in [-0.25, -0.2) is 0 Å². The molecule has 2 aliphatic heterocycles. The first kappa shape index (κ1) is 26.4. The number of hydrogen-bond donors (Lipinski definition) is 2. The van der Waals surface area contributed by atoms with Crippen molar-refractivity contribution in [3.8, 4) is 23.0 Å². The fourth-order valence-corrected chi connectivity index (χ4v) is 4.47. The third-order valence-corrected chi connectivity index (χ3v) is 6.34. The van der Waals surface area contributed by atoms with Crippen molar-refractivity contribution in [1.29, 1.82) is 0 Å². The lowest BCUT2D eigenvalue weighted by molar-refractivity contribution is -0.142. The van der Waals surface area contributed by atoms with Crippen LogP contribution in [-0.4, -0.2) is 53.1 Å². The summed E-state index contributed by atoms with van der Waals surface area (Å²) in [6.45, 7) is 5.25. The first-order valence-corrected chi connectivity index (χ1v) is 12.1. The predicted molar refractivity (Wildman–Crippen MR) is 137 cm³/mol. The average Bonchev–Trinajstić information content (AvgIpc) is 2.82. The number of phenols is 2. The molecule has 0 saturated carbocycles. The number of rotatable bonds is 5. The Balaban J connectivity index is 0.000000176. The summed E-state index contributed by atoms with van der Waals surface area (Å²) in [6, 6.07) is 21.6. The SMILES string of the molecule is CC1=C(c2ccc(O)cc2)C(C)Oc2cc(O)ccc21.FC(F)(F)CCN1CC(Oc2ccccc2)C1. The van der Waals surface area contributed by atoms with Gasteiger partial charge in [-0.05, 0) is 61.4 Å². The highest BCUT2D eigenvalue weighted by Crippen LogP contribution is 2.41. The van der Waals surface area contributed by atoms with E-state index < -0.39 is 12.6 Å². The second kappa shape index (κ2) is 11.2. The molecule has 1 atom stereocenters. The van der Waals surface area contributed by atoms with Crippen molar-refractivity contribution in [2.75, 3.05) is 19.6 Å². The van der Waals surface area contributed by atoms with Gasteiger partial charge in [0.2, 0.25) is 0 Å². The molecule has 2 aliphatic rings. The topological polar surface area (TPSA) is 62.2 Å². The molecule has 3 aromatic rings. The molecule has 0 radical (unpaired) electrons. The predicted octanol–water partition coefficient (Wildman–Crippen LogP) is 6.51. The van der Waals surface area contributed by atoms with Crippen LogP contribution in [0.4, 0.5) is 13.2 Å². The van der Waals surface area contributed by atoms with Crippen LogP contribution in [0.1, 0.15) is 31.4 Å². The second-order valence-electron chi connectivity index (χ2n) is 9.20. The van der Waals surface area contributed by atoms with Crippen LogP contribution in [-0.2, 0) is 0 Å². The Morgan fingerprint density at radius 1 is 0.946 bits per heavy atom. The van der Waals surface area contributed by atoms with Crippen LogP contribution >= 0.6 is 0 Å². The molecule has 0 amide bonds. The minimum absolute atomic E-state index is 0.0191. The number of benzene rings is 3. The van der Waals surface area contributed by atoms with Crippen LogP contribution in [0, 0.1) is 0 Å². The second-order valence-corrected chi connectivity index (χ2v) is 9.20. The van der Waals surface area contributed by atoms with Gasteiger partial charge in [0.05, 0.1) is 6.42 Å². The van der Waals surface area contributed by atoms with Crippen molar-refractivity contribution in [1.82, 2.24) is 4.90 Å². The summed E-state index contributed by atoms with van der Waals surface area (Å²) in [5, 5.41) is 19.0. The minimum atomic E-state index is -4.06. The van der Waals surface area contributed by atoms with Gasteiger partial charge in [0, 0.05) is 36.8 Å². The zero-order valence-corrected chi connectivity index (χ0v) is 20.7. The van der Waals surface area contributed by atoms with Gasteiger partial charge in [0.25, 0.3) is 0 Å². The van der Waals surface area contributed by atoms with Gasteiger partial charge in [-0.1, -0.05) is 30.3 Å². The number of halogens is 3. The van der Waals surface area contributed by atoms with Crippen LogP contribution in [0.2, 0.25) is 0 Å². The van der Waals surface area contributed by atoms with Gasteiger partial charge in [-0.3, -0.25) is 4.90 Å². The molecule has 8 heteroatoms. The number of phenolic OH excluding ortho intramolecular Hbond substituents is 2. The van der Waals surface area contributed by atoms with Gasteiger partial charge in [0.1, 0.15) is 35.2 Å². The summed E-state index contributed by atoms with van der Waals surface area (Å²) in [4.78, 5) is 1.75. The summed E-state index contributed by atoms with van der Waals surface area (Å²) in [6.07, 6.45) is -4.89. The Morgan fingerprint density at radius 2 is 1.59 bits per heavy atom. The van der Waals surface area contributed by atoms with E-state index in [0.717, 1.165) is 28.0 Å². The lowest BCUT2D eigenvalue weighted by Crippen LogP contribution is -2.54. The van der Waals surface area contributed by atoms with Crippen LogP contribution < -0.4 is 9.47 Å².